The highest BCUT2D eigenvalue weighted by molar-refractivity contribution is 6.06. The second kappa shape index (κ2) is 9.56. The number of hydrogen-bond acceptors (Lipinski definition) is 3. The minimum Gasteiger partial charge on any atom is -0.508 e. The highest BCUT2D eigenvalue weighted by Crippen LogP contribution is 2.15. The average Bonchev–Trinajstić information content (AvgIpc) is 2.61. The number of aromatic hydroxyl groups is 1. The van der Waals surface area contributed by atoms with Gasteiger partial charge in [0.2, 0.25) is 0 Å². The number of ketones is 1. The van der Waals surface area contributed by atoms with Crippen molar-refractivity contribution in [3.05, 3.63) is 65.7 Å². The van der Waals surface area contributed by atoms with Crippen molar-refractivity contribution >= 4 is 11.9 Å². The molecular weight excluding hydrogens is 300 g/mol. The average molecular weight is 324 g/mol. The minimum absolute atomic E-state index is 0.0578. The summed E-state index contributed by atoms with van der Waals surface area (Å²) in [6.07, 6.45) is 7.98. The first-order valence-corrected chi connectivity index (χ1v) is 8.43. The van der Waals surface area contributed by atoms with Crippen LogP contribution in [0.15, 0.2) is 54.6 Å². The number of rotatable bonds is 9. The summed E-state index contributed by atoms with van der Waals surface area (Å²) in [4.78, 5) is 12.2. The van der Waals surface area contributed by atoms with Gasteiger partial charge in [0.25, 0.3) is 0 Å². The predicted octanol–water partition coefficient (Wildman–Crippen LogP) is 5.25. The molecule has 0 heterocycles. The number of hydrogen-bond donors (Lipinski definition) is 1. The molecule has 3 heteroatoms. The molecule has 2 aromatic carbocycles. The van der Waals surface area contributed by atoms with E-state index in [0.29, 0.717) is 12.2 Å². The van der Waals surface area contributed by atoms with Crippen LogP contribution in [0, 0.1) is 0 Å². The Morgan fingerprint density at radius 2 is 1.71 bits per heavy atom. The maximum atomic E-state index is 12.2. The molecule has 0 amide bonds. The van der Waals surface area contributed by atoms with Crippen LogP contribution in [-0.4, -0.2) is 17.5 Å². The van der Waals surface area contributed by atoms with Gasteiger partial charge in [0.05, 0.1) is 6.61 Å². The summed E-state index contributed by atoms with van der Waals surface area (Å²) in [6, 6.07) is 13.9. The number of carbonyl (C=O) groups excluding carboxylic acids is 1. The van der Waals surface area contributed by atoms with Crippen LogP contribution in [0.25, 0.3) is 6.08 Å². The van der Waals surface area contributed by atoms with Crippen LogP contribution in [0.5, 0.6) is 11.5 Å². The molecule has 0 atom stereocenters. The third-order valence-electron chi connectivity index (χ3n) is 3.73. The highest BCUT2D eigenvalue weighted by atomic mass is 16.5. The number of phenols is 1. The molecule has 0 aromatic heterocycles. The molecule has 0 radical (unpaired) electrons. The van der Waals surface area contributed by atoms with Gasteiger partial charge in [-0.25, -0.2) is 0 Å². The van der Waals surface area contributed by atoms with Crippen molar-refractivity contribution in [3.63, 3.8) is 0 Å². The Morgan fingerprint density at radius 3 is 2.38 bits per heavy atom. The van der Waals surface area contributed by atoms with Gasteiger partial charge in [-0.05, 0) is 54.5 Å². The van der Waals surface area contributed by atoms with E-state index in [1.807, 2.05) is 12.1 Å². The van der Waals surface area contributed by atoms with Gasteiger partial charge < -0.3 is 9.84 Å². The molecule has 0 aliphatic rings. The SMILES string of the molecule is CCCCCCOc1ccc(C(=O)/C=C/c2ccc(O)cc2)cc1. The van der Waals surface area contributed by atoms with Crippen LogP contribution in [0.1, 0.15) is 48.5 Å². The Morgan fingerprint density at radius 1 is 1.00 bits per heavy atom. The fourth-order valence-electron chi connectivity index (χ4n) is 2.29. The second-order valence-corrected chi connectivity index (χ2v) is 5.72. The summed E-state index contributed by atoms with van der Waals surface area (Å²) < 4.78 is 5.67. The van der Waals surface area contributed by atoms with Gasteiger partial charge in [0.15, 0.2) is 5.78 Å². The Hall–Kier alpha value is -2.55. The smallest absolute Gasteiger partial charge is 0.185 e. The van der Waals surface area contributed by atoms with Crippen LogP contribution in [0.2, 0.25) is 0 Å². The molecule has 0 aliphatic heterocycles. The molecule has 0 saturated carbocycles. The summed E-state index contributed by atoms with van der Waals surface area (Å²) in [7, 11) is 0. The topological polar surface area (TPSA) is 46.5 Å². The highest BCUT2D eigenvalue weighted by Gasteiger charge is 2.02. The number of phenolic OH excluding ortho intramolecular Hbond substituents is 1. The van der Waals surface area contributed by atoms with E-state index < -0.39 is 0 Å². The zero-order valence-electron chi connectivity index (χ0n) is 14.1. The summed E-state index contributed by atoms with van der Waals surface area (Å²) >= 11 is 0. The number of benzene rings is 2. The van der Waals surface area contributed by atoms with Crippen LogP contribution in [0.3, 0.4) is 0 Å². The normalized spacial score (nSPS) is 10.9. The molecule has 0 unspecified atom stereocenters. The van der Waals surface area contributed by atoms with Crippen molar-refractivity contribution in [2.24, 2.45) is 0 Å². The van der Waals surface area contributed by atoms with Crippen molar-refractivity contribution < 1.29 is 14.6 Å². The number of unbranched alkanes of at least 4 members (excludes halogenated alkanes) is 3. The predicted molar refractivity (Wildman–Crippen MR) is 97.6 cm³/mol. The quantitative estimate of drug-likeness (QED) is 0.389. The Bertz CT molecular complexity index is 654. The van der Waals surface area contributed by atoms with E-state index in [0.717, 1.165) is 17.7 Å². The lowest BCUT2D eigenvalue weighted by Crippen LogP contribution is -1.98. The van der Waals surface area contributed by atoms with E-state index in [4.69, 9.17) is 4.74 Å². The van der Waals surface area contributed by atoms with E-state index in [2.05, 4.69) is 6.92 Å². The molecule has 24 heavy (non-hydrogen) atoms. The van der Waals surface area contributed by atoms with E-state index in [9.17, 15) is 9.90 Å². The van der Waals surface area contributed by atoms with Gasteiger partial charge in [-0.15, -0.1) is 0 Å². The summed E-state index contributed by atoms with van der Waals surface area (Å²) in [5.74, 6) is 0.951. The molecule has 3 nitrogen and oxygen atoms in total. The van der Waals surface area contributed by atoms with E-state index >= 15 is 0 Å². The lowest BCUT2D eigenvalue weighted by Gasteiger charge is -2.06. The Labute approximate surface area is 143 Å². The number of allylic oxidation sites excluding steroid dienone is 1. The molecule has 126 valence electrons. The van der Waals surface area contributed by atoms with E-state index in [1.165, 1.54) is 25.3 Å². The first kappa shape index (κ1) is 17.8. The van der Waals surface area contributed by atoms with Gasteiger partial charge in [-0.1, -0.05) is 44.4 Å². The van der Waals surface area contributed by atoms with Crippen LogP contribution < -0.4 is 4.74 Å². The number of ether oxygens (including phenoxy) is 1. The third kappa shape index (κ3) is 5.92. The van der Waals surface area contributed by atoms with Gasteiger partial charge in [-0.2, -0.15) is 0 Å². The van der Waals surface area contributed by atoms with E-state index in [-0.39, 0.29) is 11.5 Å². The van der Waals surface area contributed by atoms with Gasteiger partial charge in [0, 0.05) is 5.56 Å². The monoisotopic (exact) mass is 324 g/mol. The lowest BCUT2D eigenvalue weighted by atomic mass is 10.1. The van der Waals surface area contributed by atoms with Crippen molar-refractivity contribution in [2.45, 2.75) is 32.6 Å². The minimum atomic E-state index is -0.0578. The van der Waals surface area contributed by atoms with Crippen molar-refractivity contribution in [3.8, 4) is 11.5 Å². The maximum Gasteiger partial charge on any atom is 0.185 e. The fraction of sp³-hybridized carbons (Fsp3) is 0.286. The molecule has 0 spiro atoms. The summed E-state index contributed by atoms with van der Waals surface area (Å²) in [5.41, 5.74) is 1.50. The van der Waals surface area contributed by atoms with Crippen LogP contribution in [0.4, 0.5) is 0 Å². The van der Waals surface area contributed by atoms with Crippen molar-refractivity contribution in [1.29, 1.82) is 0 Å². The first-order valence-electron chi connectivity index (χ1n) is 8.43. The molecule has 0 fully saturated rings. The maximum absolute atomic E-state index is 12.2. The molecule has 0 saturated heterocycles. The summed E-state index contributed by atoms with van der Waals surface area (Å²) in [6.45, 7) is 2.90. The van der Waals surface area contributed by atoms with Crippen molar-refractivity contribution in [2.75, 3.05) is 6.61 Å². The zero-order chi connectivity index (χ0) is 17.2. The van der Waals surface area contributed by atoms with Crippen LogP contribution >= 0.6 is 0 Å². The fourth-order valence-corrected chi connectivity index (χ4v) is 2.29. The van der Waals surface area contributed by atoms with E-state index in [1.54, 1.807) is 42.5 Å². The van der Waals surface area contributed by atoms with Gasteiger partial charge in [0.1, 0.15) is 11.5 Å². The molecule has 0 aliphatic carbocycles. The third-order valence-corrected chi connectivity index (χ3v) is 3.73. The molecule has 1 N–H and O–H groups in total. The largest absolute Gasteiger partial charge is 0.508 e. The Kier molecular flexibility index (Phi) is 7.09. The molecule has 0 bridgehead atoms. The standard InChI is InChI=1S/C21H24O3/c1-2-3-4-5-16-24-20-13-9-18(10-14-20)21(23)15-8-17-6-11-19(22)12-7-17/h6-15,22H,2-5,16H2,1H3/b15-8+. The van der Waals surface area contributed by atoms with Crippen LogP contribution in [-0.2, 0) is 0 Å². The number of carbonyl (C=O) groups is 1. The Balaban J connectivity index is 1.85. The van der Waals surface area contributed by atoms with Gasteiger partial charge >= 0.3 is 0 Å². The summed E-state index contributed by atoms with van der Waals surface area (Å²) in [5, 5.41) is 9.24. The first-order chi connectivity index (χ1) is 11.7. The lowest BCUT2D eigenvalue weighted by molar-refractivity contribution is 0.104. The van der Waals surface area contributed by atoms with Crippen molar-refractivity contribution in [1.82, 2.24) is 0 Å². The van der Waals surface area contributed by atoms with Gasteiger partial charge in [-0.3, -0.25) is 4.79 Å². The molecule has 2 rings (SSSR count). The second-order valence-electron chi connectivity index (χ2n) is 5.72. The molecule has 2 aromatic rings. The molecular formula is C21H24O3. The zero-order valence-corrected chi connectivity index (χ0v) is 14.1.